The van der Waals surface area contributed by atoms with Gasteiger partial charge in [0.15, 0.2) is 0 Å². The van der Waals surface area contributed by atoms with Gasteiger partial charge in [0.05, 0.1) is 18.0 Å². The van der Waals surface area contributed by atoms with Crippen molar-refractivity contribution in [1.82, 2.24) is 10.4 Å². The van der Waals surface area contributed by atoms with E-state index in [0.717, 1.165) is 4.47 Å². The number of nitrogens with one attached hydrogen (secondary N) is 1. The fraction of sp³-hybridized carbons (Fsp3) is 0. The molecule has 17 heavy (non-hydrogen) atoms. The molecule has 0 atom stereocenters. The summed E-state index contributed by atoms with van der Waals surface area (Å²) in [7, 11) is 0. The summed E-state index contributed by atoms with van der Waals surface area (Å²) in [5, 5.41) is 3.76. The summed E-state index contributed by atoms with van der Waals surface area (Å²) in [5.41, 5.74) is 2.80. The number of halogens is 1. The van der Waals surface area contributed by atoms with Gasteiger partial charge in [-0.2, -0.15) is 5.10 Å². The molecule has 2 aromatic rings. The number of hydrogen-bond acceptors (Lipinski definition) is 4. The molecular weight excluding hydrogens is 286 g/mol. The van der Waals surface area contributed by atoms with Gasteiger partial charge in [-0.15, -0.1) is 0 Å². The number of nitrogens with zero attached hydrogens (tertiary/aromatic N) is 2. The van der Waals surface area contributed by atoms with Crippen LogP contribution in [0.1, 0.15) is 16.1 Å². The van der Waals surface area contributed by atoms with E-state index in [1.165, 1.54) is 18.7 Å². The van der Waals surface area contributed by atoms with Crippen LogP contribution < -0.4 is 5.43 Å². The van der Waals surface area contributed by atoms with Crippen molar-refractivity contribution in [2.45, 2.75) is 0 Å². The molecule has 0 saturated heterocycles. The first-order valence-corrected chi connectivity index (χ1v) is 5.52. The molecule has 0 saturated carbocycles. The number of carbonyl (C=O) groups excluding carboxylic acids is 1. The smallest absolute Gasteiger partial charge is 0.272 e. The van der Waals surface area contributed by atoms with Gasteiger partial charge in [0, 0.05) is 16.9 Å². The molecule has 2 aromatic heterocycles. The number of rotatable bonds is 3. The van der Waals surface area contributed by atoms with Gasteiger partial charge in [0.2, 0.25) is 0 Å². The topological polar surface area (TPSA) is 67.5 Å². The predicted octanol–water partition coefficient (Wildman–Crippen LogP) is 2.20. The highest BCUT2D eigenvalue weighted by atomic mass is 79.9. The fourth-order valence-electron chi connectivity index (χ4n) is 1.12. The molecule has 0 fully saturated rings. The summed E-state index contributed by atoms with van der Waals surface area (Å²) in [6.45, 7) is 0. The Morgan fingerprint density at radius 2 is 2.41 bits per heavy atom. The van der Waals surface area contributed by atoms with E-state index in [4.69, 9.17) is 4.42 Å². The van der Waals surface area contributed by atoms with Crippen molar-refractivity contribution in [3.8, 4) is 0 Å². The lowest BCUT2D eigenvalue weighted by molar-refractivity contribution is 0.0954. The Kier molecular flexibility index (Phi) is 3.66. The Balaban J connectivity index is 1.98. The summed E-state index contributed by atoms with van der Waals surface area (Å²) in [6, 6.07) is 5.13. The Bertz CT molecular complexity index is 537. The van der Waals surface area contributed by atoms with E-state index in [0.29, 0.717) is 11.3 Å². The van der Waals surface area contributed by atoms with Crippen LogP contribution in [0, 0.1) is 0 Å². The van der Waals surface area contributed by atoms with Crippen molar-refractivity contribution in [2.75, 3.05) is 0 Å². The van der Waals surface area contributed by atoms with E-state index in [-0.39, 0.29) is 5.91 Å². The number of furan rings is 1. The zero-order valence-electron chi connectivity index (χ0n) is 8.63. The second-order valence-corrected chi connectivity index (χ2v) is 4.02. The molecule has 6 heteroatoms. The summed E-state index contributed by atoms with van der Waals surface area (Å²) in [6.07, 6.45) is 6.01. The molecule has 1 amide bonds. The van der Waals surface area contributed by atoms with Crippen LogP contribution in [-0.4, -0.2) is 17.1 Å². The zero-order chi connectivity index (χ0) is 12.1. The molecule has 5 nitrogen and oxygen atoms in total. The molecule has 2 rings (SSSR count). The number of amides is 1. The van der Waals surface area contributed by atoms with Crippen LogP contribution in [0.4, 0.5) is 0 Å². The lowest BCUT2D eigenvalue weighted by atomic mass is 10.3. The first-order chi connectivity index (χ1) is 8.25. The van der Waals surface area contributed by atoms with Crippen molar-refractivity contribution in [2.24, 2.45) is 5.10 Å². The quantitative estimate of drug-likeness (QED) is 0.697. The minimum Gasteiger partial charge on any atom is -0.463 e. The Hall–Kier alpha value is -1.95. The van der Waals surface area contributed by atoms with Gasteiger partial charge in [-0.1, -0.05) is 0 Å². The minimum absolute atomic E-state index is 0.332. The molecule has 2 heterocycles. The molecule has 0 aliphatic carbocycles. The summed E-state index contributed by atoms with van der Waals surface area (Å²) < 4.78 is 5.76. The molecule has 0 radical (unpaired) electrons. The van der Waals surface area contributed by atoms with Crippen LogP contribution >= 0.6 is 15.9 Å². The van der Waals surface area contributed by atoms with Gasteiger partial charge in [-0.25, -0.2) is 5.43 Å². The third-order valence-corrected chi connectivity index (χ3v) is 2.30. The molecule has 0 spiro atoms. The Morgan fingerprint density at radius 1 is 1.53 bits per heavy atom. The SMILES string of the molecule is O=C(N/N=C/c1ccco1)c1cncc(Br)c1. The summed E-state index contributed by atoms with van der Waals surface area (Å²) in [4.78, 5) is 15.5. The molecule has 0 aliphatic heterocycles. The van der Waals surface area contributed by atoms with Gasteiger partial charge >= 0.3 is 0 Å². The highest BCUT2D eigenvalue weighted by Crippen LogP contribution is 2.09. The summed E-state index contributed by atoms with van der Waals surface area (Å²) in [5.74, 6) is 0.235. The van der Waals surface area contributed by atoms with Crippen LogP contribution in [0.25, 0.3) is 0 Å². The average Bonchev–Trinajstić information content (AvgIpc) is 2.82. The van der Waals surface area contributed by atoms with Crippen molar-refractivity contribution in [3.63, 3.8) is 0 Å². The van der Waals surface area contributed by atoms with Gasteiger partial charge in [-0.05, 0) is 34.1 Å². The van der Waals surface area contributed by atoms with Gasteiger partial charge in [0.25, 0.3) is 5.91 Å². The fourth-order valence-corrected chi connectivity index (χ4v) is 1.48. The van der Waals surface area contributed by atoms with Gasteiger partial charge in [-0.3, -0.25) is 9.78 Å². The number of aromatic nitrogens is 1. The zero-order valence-corrected chi connectivity index (χ0v) is 10.2. The molecule has 86 valence electrons. The highest BCUT2D eigenvalue weighted by molar-refractivity contribution is 9.10. The maximum absolute atomic E-state index is 11.6. The normalized spacial score (nSPS) is 10.6. The van der Waals surface area contributed by atoms with E-state index in [1.54, 1.807) is 24.4 Å². The molecule has 0 aromatic carbocycles. The second-order valence-electron chi connectivity index (χ2n) is 3.11. The number of hydrazone groups is 1. The average molecular weight is 294 g/mol. The third-order valence-electron chi connectivity index (χ3n) is 1.87. The van der Waals surface area contributed by atoms with Gasteiger partial charge in [0.1, 0.15) is 5.76 Å². The molecular formula is C11H8BrN3O2. The first-order valence-electron chi connectivity index (χ1n) is 4.73. The molecule has 0 aliphatic rings. The lowest BCUT2D eigenvalue weighted by Crippen LogP contribution is -2.17. The number of pyridine rings is 1. The standard InChI is InChI=1S/C11H8BrN3O2/c12-9-4-8(5-13-6-9)11(16)15-14-7-10-2-1-3-17-10/h1-7H,(H,15,16)/b14-7+. The molecule has 0 bridgehead atoms. The van der Waals surface area contributed by atoms with Crippen molar-refractivity contribution in [3.05, 3.63) is 52.7 Å². The van der Waals surface area contributed by atoms with E-state index in [1.807, 2.05) is 0 Å². The van der Waals surface area contributed by atoms with E-state index in [2.05, 4.69) is 31.4 Å². The molecule has 0 unspecified atom stereocenters. The third kappa shape index (κ3) is 3.25. The maximum atomic E-state index is 11.6. The minimum atomic E-state index is -0.332. The van der Waals surface area contributed by atoms with E-state index < -0.39 is 0 Å². The monoisotopic (exact) mass is 293 g/mol. The molecule has 1 N–H and O–H groups in total. The van der Waals surface area contributed by atoms with Crippen molar-refractivity contribution in [1.29, 1.82) is 0 Å². The predicted molar refractivity (Wildman–Crippen MR) is 65.7 cm³/mol. The van der Waals surface area contributed by atoms with Crippen molar-refractivity contribution >= 4 is 28.1 Å². The summed E-state index contributed by atoms with van der Waals surface area (Å²) >= 11 is 3.23. The van der Waals surface area contributed by atoms with Crippen LogP contribution in [0.3, 0.4) is 0 Å². The van der Waals surface area contributed by atoms with Gasteiger partial charge < -0.3 is 4.42 Å². The first kappa shape index (κ1) is 11.5. The maximum Gasteiger partial charge on any atom is 0.272 e. The van der Waals surface area contributed by atoms with Crippen LogP contribution in [0.5, 0.6) is 0 Å². The Labute approximate surface area is 106 Å². The largest absolute Gasteiger partial charge is 0.463 e. The Morgan fingerprint density at radius 3 is 3.12 bits per heavy atom. The highest BCUT2D eigenvalue weighted by Gasteiger charge is 2.04. The van der Waals surface area contributed by atoms with E-state index >= 15 is 0 Å². The van der Waals surface area contributed by atoms with Crippen molar-refractivity contribution < 1.29 is 9.21 Å². The lowest BCUT2D eigenvalue weighted by Gasteiger charge is -1.98. The van der Waals surface area contributed by atoms with E-state index in [9.17, 15) is 4.79 Å². The second kappa shape index (κ2) is 5.40. The van der Waals surface area contributed by atoms with Crippen LogP contribution in [0.15, 0.2) is 50.8 Å². The number of carbonyl (C=O) groups is 1. The van der Waals surface area contributed by atoms with Crippen LogP contribution in [-0.2, 0) is 0 Å². The number of hydrogen-bond donors (Lipinski definition) is 1. The van der Waals surface area contributed by atoms with Crippen LogP contribution in [0.2, 0.25) is 0 Å².